The molecule has 28 heavy (non-hydrogen) atoms. The summed E-state index contributed by atoms with van der Waals surface area (Å²) in [5.74, 6) is 0.237. The third kappa shape index (κ3) is 3.14. The van der Waals surface area contributed by atoms with Crippen molar-refractivity contribution in [3.8, 4) is 11.1 Å². The average Bonchev–Trinajstić information content (AvgIpc) is 3.18. The lowest BCUT2D eigenvalue weighted by atomic mass is 9.81. The van der Waals surface area contributed by atoms with E-state index in [0.717, 1.165) is 30.6 Å². The third-order valence-electron chi connectivity index (χ3n) is 6.24. The van der Waals surface area contributed by atoms with Crippen LogP contribution in [0.3, 0.4) is 0 Å². The molecule has 4 rings (SSSR count). The second kappa shape index (κ2) is 7.84. The Morgan fingerprint density at radius 3 is 2.68 bits per heavy atom. The van der Waals surface area contributed by atoms with Crippen LogP contribution in [0.5, 0.6) is 0 Å². The first-order valence-electron chi connectivity index (χ1n) is 10.2. The Bertz CT molecular complexity index is 839. The minimum absolute atomic E-state index is 0.00358. The molecule has 2 aromatic rings. The van der Waals surface area contributed by atoms with Gasteiger partial charge in [-0.15, -0.1) is 0 Å². The van der Waals surface area contributed by atoms with E-state index in [2.05, 4.69) is 54.5 Å². The van der Waals surface area contributed by atoms with Gasteiger partial charge in [0.1, 0.15) is 0 Å². The lowest BCUT2D eigenvalue weighted by Gasteiger charge is -2.44. The van der Waals surface area contributed by atoms with Crippen LogP contribution in [0.2, 0.25) is 0 Å². The molecule has 1 fully saturated rings. The van der Waals surface area contributed by atoms with E-state index in [4.69, 9.17) is 0 Å². The fraction of sp³-hybridized carbons (Fsp3) is 0.435. The van der Waals surface area contributed by atoms with Crippen molar-refractivity contribution in [3.05, 3.63) is 54.1 Å². The molecule has 0 unspecified atom stereocenters. The summed E-state index contributed by atoms with van der Waals surface area (Å²) >= 11 is 0. The van der Waals surface area contributed by atoms with Crippen LogP contribution in [0.15, 0.2) is 48.5 Å². The second-order valence-electron chi connectivity index (χ2n) is 7.82. The summed E-state index contributed by atoms with van der Waals surface area (Å²) in [5, 5.41) is 13.1. The topological polar surface area (TPSA) is 55.8 Å². The van der Waals surface area contributed by atoms with Gasteiger partial charge < -0.3 is 20.2 Å². The minimum Gasteiger partial charge on any atom is -0.394 e. The maximum Gasteiger partial charge on any atom is 0.317 e. The number of aliphatic hydroxyl groups is 1. The number of aliphatic hydroxyl groups excluding tert-OH is 1. The number of amides is 2. The number of rotatable bonds is 4. The van der Waals surface area contributed by atoms with Crippen LogP contribution < -0.4 is 10.2 Å². The highest BCUT2D eigenvalue weighted by Gasteiger charge is 2.47. The van der Waals surface area contributed by atoms with Crippen LogP contribution in [-0.4, -0.2) is 48.8 Å². The lowest BCUT2D eigenvalue weighted by Crippen LogP contribution is -2.49. The summed E-state index contributed by atoms with van der Waals surface area (Å²) in [5.41, 5.74) is 4.63. The van der Waals surface area contributed by atoms with Crippen LogP contribution in [0.4, 0.5) is 10.5 Å². The molecule has 5 heteroatoms. The zero-order chi connectivity index (χ0) is 19.7. The molecule has 3 atom stereocenters. The van der Waals surface area contributed by atoms with Gasteiger partial charge >= 0.3 is 6.03 Å². The van der Waals surface area contributed by atoms with E-state index in [0.29, 0.717) is 6.54 Å². The van der Waals surface area contributed by atoms with Gasteiger partial charge in [0.2, 0.25) is 0 Å². The number of carbonyl (C=O) groups is 1. The quantitative estimate of drug-likeness (QED) is 0.853. The molecule has 1 saturated heterocycles. The number of anilines is 1. The molecule has 2 aliphatic heterocycles. The van der Waals surface area contributed by atoms with Gasteiger partial charge in [-0.25, -0.2) is 4.79 Å². The monoisotopic (exact) mass is 379 g/mol. The Morgan fingerprint density at radius 1 is 1.18 bits per heavy atom. The third-order valence-corrected chi connectivity index (χ3v) is 6.24. The molecule has 0 aromatic heterocycles. The molecule has 2 aliphatic rings. The molecule has 0 saturated carbocycles. The predicted octanol–water partition coefficient (Wildman–Crippen LogP) is 3.65. The van der Waals surface area contributed by atoms with Crippen LogP contribution in [-0.2, 0) is 0 Å². The molecule has 0 radical (unpaired) electrons. The Kier molecular flexibility index (Phi) is 5.27. The molecule has 148 valence electrons. The molecule has 0 bridgehead atoms. The Hall–Kier alpha value is -2.53. The van der Waals surface area contributed by atoms with E-state index >= 15 is 0 Å². The van der Waals surface area contributed by atoms with Crippen molar-refractivity contribution in [2.45, 2.75) is 31.8 Å². The predicted molar refractivity (Wildman–Crippen MR) is 112 cm³/mol. The van der Waals surface area contributed by atoms with Gasteiger partial charge in [0.25, 0.3) is 0 Å². The zero-order valence-corrected chi connectivity index (χ0v) is 16.6. The number of likely N-dealkylation sites (N-methyl/N-ethyl adjacent to an activating group) is 1. The van der Waals surface area contributed by atoms with Crippen molar-refractivity contribution >= 4 is 11.7 Å². The molecular weight excluding hydrogens is 350 g/mol. The number of carbonyl (C=O) groups excluding carboxylic acids is 1. The van der Waals surface area contributed by atoms with E-state index in [1.54, 1.807) is 0 Å². The maximum atomic E-state index is 12.8. The summed E-state index contributed by atoms with van der Waals surface area (Å²) in [7, 11) is 2.05. The number of hydrogen-bond acceptors (Lipinski definition) is 3. The normalized spacial score (nSPS) is 23.3. The van der Waals surface area contributed by atoms with Gasteiger partial charge in [0.15, 0.2) is 0 Å². The van der Waals surface area contributed by atoms with Gasteiger partial charge in [-0.1, -0.05) is 43.3 Å². The molecule has 0 aliphatic carbocycles. The molecule has 2 N–H and O–H groups in total. The minimum atomic E-state index is 0.00358. The van der Waals surface area contributed by atoms with Crippen LogP contribution >= 0.6 is 0 Å². The van der Waals surface area contributed by atoms with Crippen LogP contribution in [0.1, 0.15) is 31.4 Å². The second-order valence-corrected chi connectivity index (χ2v) is 7.82. The fourth-order valence-corrected chi connectivity index (χ4v) is 4.83. The van der Waals surface area contributed by atoms with Gasteiger partial charge in [-0.05, 0) is 41.7 Å². The Balaban J connectivity index is 1.77. The van der Waals surface area contributed by atoms with Gasteiger partial charge in [0, 0.05) is 31.7 Å². The first-order valence-corrected chi connectivity index (χ1v) is 10.2. The summed E-state index contributed by atoms with van der Waals surface area (Å²) in [6, 6.07) is 16.9. The number of likely N-dealkylation sites (tertiary alicyclic amines) is 1. The number of fused-ring (bicyclic) bond motifs is 3. The number of nitrogens with one attached hydrogen (secondary N) is 1. The molecule has 2 amide bonds. The molecule has 2 aromatic carbocycles. The standard InChI is InChI=1S/C23H29N3O2/c1-3-12-24-23(28)26-13-11-18-21(15-27)25(2)20-10-9-17(14-19(20)22(18)26)16-7-5-4-6-8-16/h4-10,14,18,21-22,27H,3,11-13,15H2,1-2H3,(H,24,28)/t18-,21+,22-/m1/s1. The summed E-state index contributed by atoms with van der Waals surface area (Å²) < 4.78 is 0. The zero-order valence-electron chi connectivity index (χ0n) is 16.6. The summed E-state index contributed by atoms with van der Waals surface area (Å²) in [6.07, 6.45) is 1.83. The van der Waals surface area contributed by atoms with Crippen LogP contribution in [0.25, 0.3) is 11.1 Å². The van der Waals surface area contributed by atoms with E-state index in [9.17, 15) is 9.90 Å². The van der Waals surface area contributed by atoms with Crippen molar-refractivity contribution in [1.82, 2.24) is 10.2 Å². The fourth-order valence-electron chi connectivity index (χ4n) is 4.83. The summed E-state index contributed by atoms with van der Waals surface area (Å²) in [4.78, 5) is 17.0. The first-order chi connectivity index (χ1) is 13.7. The number of nitrogens with zero attached hydrogens (tertiary/aromatic N) is 2. The highest BCUT2D eigenvalue weighted by Crippen LogP contribution is 2.49. The van der Waals surface area contributed by atoms with Crippen molar-refractivity contribution in [2.24, 2.45) is 5.92 Å². The van der Waals surface area contributed by atoms with Crippen molar-refractivity contribution < 1.29 is 9.90 Å². The molecule has 5 nitrogen and oxygen atoms in total. The number of hydrogen-bond donors (Lipinski definition) is 2. The number of urea groups is 1. The van der Waals surface area contributed by atoms with E-state index in [1.165, 1.54) is 11.1 Å². The smallest absolute Gasteiger partial charge is 0.317 e. The van der Waals surface area contributed by atoms with Crippen molar-refractivity contribution in [3.63, 3.8) is 0 Å². The van der Waals surface area contributed by atoms with Crippen LogP contribution in [0, 0.1) is 5.92 Å². The van der Waals surface area contributed by atoms with Gasteiger partial charge in [0.05, 0.1) is 18.7 Å². The largest absolute Gasteiger partial charge is 0.394 e. The summed E-state index contributed by atoms with van der Waals surface area (Å²) in [6.45, 7) is 3.57. The molecule has 0 spiro atoms. The van der Waals surface area contributed by atoms with E-state index < -0.39 is 0 Å². The Labute approximate surface area is 167 Å². The van der Waals surface area contributed by atoms with Crippen molar-refractivity contribution in [1.29, 1.82) is 0 Å². The maximum absolute atomic E-state index is 12.8. The highest BCUT2D eigenvalue weighted by atomic mass is 16.3. The van der Waals surface area contributed by atoms with E-state index in [-0.39, 0.29) is 30.6 Å². The van der Waals surface area contributed by atoms with Crippen molar-refractivity contribution in [2.75, 3.05) is 31.6 Å². The Morgan fingerprint density at radius 2 is 1.96 bits per heavy atom. The number of benzene rings is 2. The van der Waals surface area contributed by atoms with Gasteiger partial charge in [-0.2, -0.15) is 0 Å². The first kappa shape index (κ1) is 18.8. The average molecular weight is 380 g/mol. The highest BCUT2D eigenvalue weighted by molar-refractivity contribution is 5.77. The molecule has 2 heterocycles. The SMILES string of the molecule is CCCNC(=O)N1CC[C@H]2[C@@H]1c1cc(-c3ccccc3)ccc1N(C)[C@H]2CO. The lowest BCUT2D eigenvalue weighted by molar-refractivity contribution is 0.161. The van der Waals surface area contributed by atoms with Gasteiger partial charge in [-0.3, -0.25) is 0 Å². The molecular formula is C23H29N3O2. The van der Waals surface area contributed by atoms with E-state index in [1.807, 2.05) is 23.1 Å².